The van der Waals surface area contributed by atoms with Gasteiger partial charge >= 0.3 is 0 Å². The summed E-state index contributed by atoms with van der Waals surface area (Å²) in [6.45, 7) is 11.4. The molecule has 3 rings (SSSR count). The van der Waals surface area contributed by atoms with Gasteiger partial charge in [0.1, 0.15) is 0 Å². The largest absolute Gasteiger partial charge is 0.338 e. The van der Waals surface area contributed by atoms with Crippen molar-refractivity contribution in [1.29, 1.82) is 0 Å². The Morgan fingerprint density at radius 2 is 2.00 bits per heavy atom. The molecule has 6 nitrogen and oxygen atoms in total. The van der Waals surface area contributed by atoms with E-state index in [1.165, 1.54) is 5.69 Å². The average Bonchev–Trinajstić information content (AvgIpc) is 3.18. The second kappa shape index (κ2) is 6.85. The number of hydrogen-bond donors (Lipinski definition) is 0. The molecule has 2 aromatic heterocycles. The Kier molecular flexibility index (Phi) is 4.85. The molecule has 1 atom stereocenters. The van der Waals surface area contributed by atoms with Gasteiger partial charge in [-0.15, -0.1) is 11.3 Å². The van der Waals surface area contributed by atoms with Crippen LogP contribution in [0.4, 0.5) is 0 Å². The SMILES string of the molecule is CC(C)c1noc([C@H](C)N2CCN(Cc3cscn3)CC2)n1. The van der Waals surface area contributed by atoms with Gasteiger partial charge in [0.05, 0.1) is 17.2 Å². The molecule has 3 heterocycles. The van der Waals surface area contributed by atoms with E-state index in [-0.39, 0.29) is 6.04 Å². The minimum absolute atomic E-state index is 0.182. The van der Waals surface area contributed by atoms with Crippen LogP contribution in [0.25, 0.3) is 0 Å². The van der Waals surface area contributed by atoms with E-state index in [2.05, 4.69) is 51.1 Å². The Hall–Kier alpha value is -1.31. The topological polar surface area (TPSA) is 58.3 Å². The minimum Gasteiger partial charge on any atom is -0.338 e. The highest BCUT2D eigenvalue weighted by Gasteiger charge is 2.26. The highest BCUT2D eigenvalue weighted by atomic mass is 32.1. The van der Waals surface area contributed by atoms with Crippen molar-refractivity contribution in [3.8, 4) is 0 Å². The first-order valence-electron chi connectivity index (χ1n) is 7.80. The average molecular weight is 321 g/mol. The smallest absolute Gasteiger partial charge is 0.243 e. The molecule has 1 saturated heterocycles. The zero-order chi connectivity index (χ0) is 15.5. The monoisotopic (exact) mass is 321 g/mol. The summed E-state index contributed by atoms with van der Waals surface area (Å²) in [6, 6.07) is 0.182. The molecule has 120 valence electrons. The summed E-state index contributed by atoms with van der Waals surface area (Å²) < 4.78 is 5.43. The molecule has 0 saturated carbocycles. The van der Waals surface area contributed by atoms with Crippen LogP contribution in [0.1, 0.15) is 50.1 Å². The van der Waals surface area contributed by atoms with Crippen molar-refractivity contribution in [2.45, 2.75) is 39.3 Å². The summed E-state index contributed by atoms with van der Waals surface area (Å²) >= 11 is 1.66. The summed E-state index contributed by atoms with van der Waals surface area (Å²) in [4.78, 5) is 13.7. The number of thiazole rings is 1. The Labute approximate surface area is 135 Å². The molecule has 0 spiro atoms. The highest BCUT2D eigenvalue weighted by molar-refractivity contribution is 7.07. The standard InChI is InChI=1S/C15H23N5OS/c1-11(2)14-17-15(21-18-14)12(3)20-6-4-19(5-7-20)8-13-9-22-10-16-13/h9-12H,4-8H2,1-3H3/t12-/m0/s1. The van der Waals surface area contributed by atoms with E-state index in [1.54, 1.807) is 11.3 Å². The maximum Gasteiger partial charge on any atom is 0.243 e. The molecule has 1 aliphatic heterocycles. The van der Waals surface area contributed by atoms with Crippen LogP contribution < -0.4 is 0 Å². The molecule has 2 aromatic rings. The fourth-order valence-corrected chi connectivity index (χ4v) is 3.21. The molecule has 0 aliphatic carbocycles. The maximum atomic E-state index is 5.43. The number of aromatic nitrogens is 3. The Balaban J connectivity index is 1.53. The number of piperazine rings is 1. The van der Waals surface area contributed by atoms with E-state index < -0.39 is 0 Å². The molecular formula is C15H23N5OS. The van der Waals surface area contributed by atoms with Crippen LogP contribution in [0, 0.1) is 0 Å². The van der Waals surface area contributed by atoms with Gasteiger partial charge in [-0.05, 0) is 6.92 Å². The van der Waals surface area contributed by atoms with Crippen molar-refractivity contribution < 1.29 is 4.52 Å². The van der Waals surface area contributed by atoms with Gasteiger partial charge in [-0.1, -0.05) is 19.0 Å². The van der Waals surface area contributed by atoms with E-state index in [0.717, 1.165) is 44.4 Å². The van der Waals surface area contributed by atoms with Gasteiger partial charge in [-0.2, -0.15) is 4.98 Å². The van der Waals surface area contributed by atoms with Crippen LogP contribution in [0.3, 0.4) is 0 Å². The Morgan fingerprint density at radius 1 is 1.23 bits per heavy atom. The lowest BCUT2D eigenvalue weighted by atomic mass is 10.2. The van der Waals surface area contributed by atoms with Gasteiger partial charge in [0.2, 0.25) is 5.89 Å². The Bertz CT molecular complexity index is 575. The van der Waals surface area contributed by atoms with E-state index in [1.807, 2.05) is 5.51 Å². The first-order valence-corrected chi connectivity index (χ1v) is 8.74. The molecule has 0 amide bonds. The molecule has 0 unspecified atom stereocenters. The van der Waals surface area contributed by atoms with E-state index in [4.69, 9.17) is 4.52 Å². The van der Waals surface area contributed by atoms with Crippen LogP contribution in [0.15, 0.2) is 15.4 Å². The van der Waals surface area contributed by atoms with Gasteiger partial charge in [0.25, 0.3) is 0 Å². The predicted molar refractivity (Wildman–Crippen MR) is 85.8 cm³/mol. The first kappa shape index (κ1) is 15.6. The third-order valence-electron chi connectivity index (χ3n) is 4.15. The van der Waals surface area contributed by atoms with Crippen molar-refractivity contribution in [2.24, 2.45) is 0 Å². The van der Waals surface area contributed by atoms with Crippen LogP contribution in [-0.4, -0.2) is 51.1 Å². The first-order chi connectivity index (χ1) is 10.6. The van der Waals surface area contributed by atoms with E-state index in [9.17, 15) is 0 Å². The molecule has 22 heavy (non-hydrogen) atoms. The van der Waals surface area contributed by atoms with Crippen LogP contribution in [-0.2, 0) is 6.54 Å². The lowest BCUT2D eigenvalue weighted by Gasteiger charge is -2.36. The van der Waals surface area contributed by atoms with Gasteiger partial charge in [0, 0.05) is 44.0 Å². The van der Waals surface area contributed by atoms with Crippen molar-refractivity contribution in [3.63, 3.8) is 0 Å². The molecule has 7 heteroatoms. The Morgan fingerprint density at radius 3 is 2.59 bits per heavy atom. The number of nitrogens with zero attached hydrogens (tertiary/aromatic N) is 5. The summed E-state index contributed by atoms with van der Waals surface area (Å²) in [5.41, 5.74) is 3.07. The molecule has 0 N–H and O–H groups in total. The van der Waals surface area contributed by atoms with Crippen molar-refractivity contribution in [1.82, 2.24) is 24.9 Å². The highest BCUT2D eigenvalue weighted by Crippen LogP contribution is 2.22. The second-order valence-corrected chi connectivity index (χ2v) is 6.83. The number of hydrogen-bond acceptors (Lipinski definition) is 7. The van der Waals surface area contributed by atoms with Crippen LogP contribution in [0.5, 0.6) is 0 Å². The van der Waals surface area contributed by atoms with Gasteiger partial charge < -0.3 is 4.52 Å². The van der Waals surface area contributed by atoms with Gasteiger partial charge in [0.15, 0.2) is 5.82 Å². The summed E-state index contributed by atoms with van der Waals surface area (Å²) in [6.07, 6.45) is 0. The third kappa shape index (κ3) is 3.53. The van der Waals surface area contributed by atoms with E-state index in [0.29, 0.717) is 5.92 Å². The van der Waals surface area contributed by atoms with Crippen molar-refractivity contribution >= 4 is 11.3 Å². The van der Waals surface area contributed by atoms with Gasteiger partial charge in [-0.3, -0.25) is 9.80 Å². The van der Waals surface area contributed by atoms with Crippen molar-refractivity contribution in [2.75, 3.05) is 26.2 Å². The van der Waals surface area contributed by atoms with E-state index >= 15 is 0 Å². The zero-order valence-electron chi connectivity index (χ0n) is 13.4. The zero-order valence-corrected chi connectivity index (χ0v) is 14.2. The molecule has 1 aliphatic rings. The molecule has 0 radical (unpaired) electrons. The number of rotatable bonds is 5. The fourth-order valence-electron chi connectivity index (χ4n) is 2.66. The molecule has 0 bridgehead atoms. The molecule has 0 aromatic carbocycles. The van der Waals surface area contributed by atoms with Crippen LogP contribution >= 0.6 is 11.3 Å². The molecular weight excluding hydrogens is 298 g/mol. The lowest BCUT2D eigenvalue weighted by Crippen LogP contribution is -2.46. The van der Waals surface area contributed by atoms with Gasteiger partial charge in [-0.25, -0.2) is 4.98 Å². The van der Waals surface area contributed by atoms with Crippen LogP contribution in [0.2, 0.25) is 0 Å². The quantitative estimate of drug-likeness (QED) is 0.843. The van der Waals surface area contributed by atoms with Crippen molar-refractivity contribution in [3.05, 3.63) is 28.3 Å². The summed E-state index contributed by atoms with van der Waals surface area (Å²) in [7, 11) is 0. The minimum atomic E-state index is 0.182. The third-order valence-corrected chi connectivity index (χ3v) is 4.79. The summed E-state index contributed by atoms with van der Waals surface area (Å²) in [5.74, 6) is 1.83. The second-order valence-electron chi connectivity index (χ2n) is 6.11. The normalized spacial score (nSPS) is 18.9. The molecule has 1 fully saturated rings. The predicted octanol–water partition coefficient (Wildman–Crippen LogP) is 2.53. The summed E-state index contributed by atoms with van der Waals surface area (Å²) in [5, 5.41) is 6.19. The lowest BCUT2D eigenvalue weighted by molar-refractivity contribution is 0.0839. The fraction of sp³-hybridized carbons (Fsp3) is 0.667. The maximum absolute atomic E-state index is 5.43.